The van der Waals surface area contributed by atoms with Gasteiger partial charge in [0, 0.05) is 6.54 Å². The molecule has 0 spiro atoms. The van der Waals surface area contributed by atoms with Crippen LogP contribution in [0.15, 0.2) is 78.9 Å². The first-order chi connectivity index (χ1) is 14.1. The second-order valence-electron chi connectivity index (χ2n) is 7.26. The second-order valence-corrected chi connectivity index (χ2v) is 7.26. The fourth-order valence-corrected chi connectivity index (χ4v) is 3.36. The molecule has 3 rings (SSSR count). The fourth-order valence-electron chi connectivity index (χ4n) is 3.36. The Labute approximate surface area is 173 Å². The van der Waals surface area contributed by atoms with Gasteiger partial charge in [0.15, 0.2) is 0 Å². The van der Waals surface area contributed by atoms with E-state index in [1.807, 2.05) is 56.6 Å². The third-order valence-corrected chi connectivity index (χ3v) is 4.86. The molecule has 0 saturated heterocycles. The molecule has 0 atom stereocenters. The van der Waals surface area contributed by atoms with Crippen LogP contribution in [0.2, 0.25) is 0 Å². The highest BCUT2D eigenvalue weighted by Gasteiger charge is 2.13. The van der Waals surface area contributed by atoms with Crippen LogP contribution in [0.4, 0.5) is 4.39 Å². The highest BCUT2D eigenvalue weighted by molar-refractivity contribution is 5.98. The van der Waals surface area contributed by atoms with E-state index >= 15 is 0 Å². The molecule has 2 nitrogen and oxygen atoms in total. The number of hydrogen-bond acceptors (Lipinski definition) is 2. The lowest BCUT2D eigenvalue weighted by Gasteiger charge is -2.17. The number of rotatable bonds is 8. The molecule has 3 heteroatoms. The Morgan fingerprint density at radius 2 is 1.38 bits per heavy atom. The third kappa shape index (κ3) is 5.55. The minimum atomic E-state index is -0.218. The van der Waals surface area contributed by atoms with E-state index in [1.165, 1.54) is 23.3 Å². The zero-order chi connectivity index (χ0) is 20.6. The summed E-state index contributed by atoms with van der Waals surface area (Å²) in [6, 6.07) is 25.4. The molecule has 0 radical (unpaired) electrons. The molecule has 0 fully saturated rings. The Morgan fingerprint density at radius 1 is 0.793 bits per heavy atom. The van der Waals surface area contributed by atoms with Crippen molar-refractivity contribution in [2.45, 2.75) is 13.3 Å². The van der Waals surface area contributed by atoms with Crippen molar-refractivity contribution < 1.29 is 9.13 Å². The number of allylic oxidation sites excluding steroid dienone is 1. The van der Waals surface area contributed by atoms with Crippen LogP contribution in [0.5, 0.6) is 5.75 Å². The molecule has 0 aliphatic heterocycles. The summed E-state index contributed by atoms with van der Waals surface area (Å²) in [6.45, 7) is 3.67. The van der Waals surface area contributed by atoms with Gasteiger partial charge in [-0.3, -0.25) is 0 Å². The van der Waals surface area contributed by atoms with E-state index in [4.69, 9.17) is 4.74 Å². The van der Waals surface area contributed by atoms with Crippen LogP contribution in [-0.4, -0.2) is 32.1 Å². The maximum Gasteiger partial charge on any atom is 0.123 e. The van der Waals surface area contributed by atoms with Crippen molar-refractivity contribution in [2.24, 2.45) is 0 Å². The number of benzene rings is 3. The van der Waals surface area contributed by atoms with Crippen molar-refractivity contribution in [3.05, 3.63) is 101 Å². The van der Waals surface area contributed by atoms with Gasteiger partial charge in [-0.05, 0) is 72.6 Å². The summed E-state index contributed by atoms with van der Waals surface area (Å²) in [5.41, 5.74) is 5.67. The van der Waals surface area contributed by atoms with Crippen molar-refractivity contribution in [1.29, 1.82) is 0 Å². The maximum atomic E-state index is 13.5. The maximum absolute atomic E-state index is 13.5. The predicted octanol–water partition coefficient (Wildman–Crippen LogP) is 6.14. The van der Waals surface area contributed by atoms with Crippen molar-refractivity contribution in [3.63, 3.8) is 0 Å². The fraction of sp³-hybridized carbons (Fsp3) is 0.231. The molecule has 29 heavy (non-hydrogen) atoms. The van der Waals surface area contributed by atoms with E-state index in [1.54, 1.807) is 0 Å². The minimum absolute atomic E-state index is 0.218. The van der Waals surface area contributed by atoms with E-state index in [0.29, 0.717) is 6.61 Å². The van der Waals surface area contributed by atoms with E-state index < -0.39 is 0 Å². The second kappa shape index (κ2) is 10.0. The van der Waals surface area contributed by atoms with Gasteiger partial charge in [0.25, 0.3) is 0 Å². The zero-order valence-corrected chi connectivity index (χ0v) is 17.4. The lowest BCUT2D eigenvalue weighted by Crippen LogP contribution is -2.19. The first kappa shape index (κ1) is 20.8. The summed E-state index contributed by atoms with van der Waals surface area (Å²) >= 11 is 0. The molecule has 0 unspecified atom stereocenters. The van der Waals surface area contributed by atoms with Gasteiger partial charge in [-0.25, -0.2) is 4.39 Å². The van der Waals surface area contributed by atoms with Crippen LogP contribution in [-0.2, 0) is 0 Å². The van der Waals surface area contributed by atoms with E-state index in [2.05, 4.69) is 36.1 Å². The van der Waals surface area contributed by atoms with Crippen LogP contribution in [0.3, 0.4) is 0 Å². The van der Waals surface area contributed by atoms with Crippen molar-refractivity contribution in [3.8, 4) is 5.75 Å². The monoisotopic (exact) mass is 389 g/mol. The summed E-state index contributed by atoms with van der Waals surface area (Å²) < 4.78 is 19.3. The molecule has 0 aromatic heterocycles. The van der Waals surface area contributed by atoms with Gasteiger partial charge >= 0.3 is 0 Å². The van der Waals surface area contributed by atoms with Gasteiger partial charge in [0.2, 0.25) is 0 Å². The summed E-state index contributed by atoms with van der Waals surface area (Å²) in [6.07, 6.45) is 0.844. The molecule has 0 N–H and O–H groups in total. The highest BCUT2D eigenvalue weighted by Crippen LogP contribution is 2.35. The Hall–Kier alpha value is -2.91. The number of halogens is 1. The van der Waals surface area contributed by atoms with Gasteiger partial charge < -0.3 is 9.64 Å². The molecule has 3 aromatic carbocycles. The Balaban J connectivity index is 2.01. The quantitative estimate of drug-likeness (QED) is 0.429. The van der Waals surface area contributed by atoms with Gasteiger partial charge in [0.1, 0.15) is 18.2 Å². The highest BCUT2D eigenvalue weighted by atomic mass is 19.1. The molecule has 0 aliphatic carbocycles. The molecular formula is C26H28FNO. The predicted molar refractivity (Wildman–Crippen MR) is 120 cm³/mol. The number of likely N-dealkylation sites (N-methyl/N-ethyl adjacent to an activating group) is 1. The van der Waals surface area contributed by atoms with Crippen LogP contribution in [0.25, 0.3) is 11.1 Å². The van der Waals surface area contributed by atoms with Crippen molar-refractivity contribution >= 4 is 11.1 Å². The molecule has 0 saturated carbocycles. The number of hydrogen-bond donors (Lipinski definition) is 0. The van der Waals surface area contributed by atoms with Gasteiger partial charge in [-0.15, -0.1) is 0 Å². The SMILES string of the molecule is CC/C(=C(/c1ccccc1)c1ccc(OCCN(C)C)cc1)c1ccc(F)cc1. The van der Waals surface area contributed by atoms with E-state index in [9.17, 15) is 4.39 Å². The van der Waals surface area contributed by atoms with Crippen LogP contribution >= 0.6 is 0 Å². The first-order valence-corrected chi connectivity index (χ1v) is 10.0. The summed E-state index contributed by atoms with van der Waals surface area (Å²) in [5.74, 6) is 0.646. The smallest absolute Gasteiger partial charge is 0.123 e. The summed E-state index contributed by atoms with van der Waals surface area (Å²) in [5, 5.41) is 0. The molecule has 0 aliphatic rings. The number of nitrogens with zero attached hydrogens (tertiary/aromatic N) is 1. The zero-order valence-electron chi connectivity index (χ0n) is 17.4. The van der Waals surface area contributed by atoms with Crippen LogP contribution in [0, 0.1) is 5.82 Å². The molecule has 3 aromatic rings. The average Bonchev–Trinajstić information content (AvgIpc) is 2.74. The molecule has 150 valence electrons. The van der Waals surface area contributed by atoms with Crippen molar-refractivity contribution in [2.75, 3.05) is 27.2 Å². The summed E-state index contributed by atoms with van der Waals surface area (Å²) in [7, 11) is 4.07. The molecule has 0 heterocycles. The van der Waals surface area contributed by atoms with E-state index in [0.717, 1.165) is 35.4 Å². The van der Waals surface area contributed by atoms with Gasteiger partial charge in [-0.1, -0.05) is 61.5 Å². The summed E-state index contributed by atoms with van der Waals surface area (Å²) in [4.78, 5) is 2.10. The van der Waals surface area contributed by atoms with Crippen molar-refractivity contribution in [1.82, 2.24) is 4.90 Å². The average molecular weight is 390 g/mol. The lowest BCUT2D eigenvalue weighted by molar-refractivity contribution is 0.261. The van der Waals surface area contributed by atoms with Crippen LogP contribution in [0.1, 0.15) is 30.0 Å². The van der Waals surface area contributed by atoms with E-state index in [-0.39, 0.29) is 5.82 Å². The normalized spacial score (nSPS) is 12.0. The van der Waals surface area contributed by atoms with Gasteiger partial charge in [0.05, 0.1) is 0 Å². The first-order valence-electron chi connectivity index (χ1n) is 10.0. The number of ether oxygens (including phenoxy) is 1. The molecule has 0 amide bonds. The lowest BCUT2D eigenvalue weighted by atomic mass is 9.88. The Bertz CT molecular complexity index is 929. The van der Waals surface area contributed by atoms with Crippen LogP contribution < -0.4 is 4.74 Å². The Morgan fingerprint density at radius 3 is 1.97 bits per heavy atom. The Kier molecular flexibility index (Phi) is 7.20. The molecular weight excluding hydrogens is 361 g/mol. The topological polar surface area (TPSA) is 12.5 Å². The largest absolute Gasteiger partial charge is 0.492 e. The minimum Gasteiger partial charge on any atom is -0.492 e. The molecule has 0 bridgehead atoms. The van der Waals surface area contributed by atoms with Gasteiger partial charge in [-0.2, -0.15) is 0 Å². The standard InChI is InChI=1S/C26H28FNO/c1-4-25(20-10-14-23(27)15-11-20)26(21-8-6-5-7-9-21)22-12-16-24(17-13-22)29-19-18-28(2)3/h5-17H,4,18-19H2,1-3H3/b26-25+. The third-order valence-electron chi connectivity index (χ3n) is 4.86.